The third kappa shape index (κ3) is 5.82. The highest BCUT2D eigenvalue weighted by Crippen LogP contribution is 2.37. The van der Waals surface area contributed by atoms with Gasteiger partial charge in [0.1, 0.15) is 0 Å². The Balaban J connectivity index is 2.52. The fraction of sp³-hybridized carbons (Fsp3) is 0.708. The zero-order chi connectivity index (χ0) is 24.7. The van der Waals surface area contributed by atoms with Gasteiger partial charge in [0, 0.05) is 11.0 Å². The third-order valence-corrected chi connectivity index (χ3v) is 5.82. The van der Waals surface area contributed by atoms with Crippen molar-refractivity contribution >= 4 is 18.5 Å². The van der Waals surface area contributed by atoms with E-state index >= 15 is 8.78 Å². The van der Waals surface area contributed by atoms with Crippen LogP contribution in [0.5, 0.6) is 5.75 Å². The standard InChI is InChI=1S/C24H38BF2NO4/c1-11-12-30-19-15(20(29)28-22(5,6)14-21(2,3)4)13-16(17(26)18(19)27)25-31-23(7,8)24(9,10)32-25/h13H,11-12,14H2,1-10H3,(H,28,29). The zero-order valence-corrected chi connectivity index (χ0v) is 21.2. The second kappa shape index (κ2) is 8.94. The van der Waals surface area contributed by atoms with Gasteiger partial charge in [-0.3, -0.25) is 4.79 Å². The van der Waals surface area contributed by atoms with Gasteiger partial charge in [-0.25, -0.2) is 4.39 Å². The Morgan fingerprint density at radius 3 is 2.06 bits per heavy atom. The summed E-state index contributed by atoms with van der Waals surface area (Å²) in [6, 6.07) is 1.29. The van der Waals surface area contributed by atoms with E-state index in [-0.39, 0.29) is 23.0 Å². The number of benzene rings is 1. The van der Waals surface area contributed by atoms with E-state index in [2.05, 4.69) is 26.1 Å². The van der Waals surface area contributed by atoms with Crippen molar-refractivity contribution in [3.63, 3.8) is 0 Å². The van der Waals surface area contributed by atoms with Crippen LogP contribution in [0, 0.1) is 17.0 Å². The molecule has 1 fully saturated rings. The minimum absolute atomic E-state index is 0.0414. The maximum atomic E-state index is 15.2. The van der Waals surface area contributed by atoms with Crippen LogP contribution in [-0.2, 0) is 9.31 Å². The lowest BCUT2D eigenvalue weighted by Gasteiger charge is -2.33. The molecule has 1 N–H and O–H groups in total. The molecule has 1 aliphatic rings. The van der Waals surface area contributed by atoms with Crippen LogP contribution in [0.25, 0.3) is 0 Å². The van der Waals surface area contributed by atoms with Crippen LogP contribution in [-0.4, -0.2) is 36.4 Å². The number of halogens is 2. The van der Waals surface area contributed by atoms with E-state index in [1.54, 1.807) is 0 Å². The Labute approximate surface area is 191 Å². The summed E-state index contributed by atoms with van der Waals surface area (Å²) >= 11 is 0. The van der Waals surface area contributed by atoms with Gasteiger partial charge in [0.25, 0.3) is 5.91 Å². The summed E-state index contributed by atoms with van der Waals surface area (Å²) in [6.07, 6.45) is 1.27. The number of ether oxygens (including phenoxy) is 1. The van der Waals surface area contributed by atoms with Crippen LogP contribution >= 0.6 is 0 Å². The largest absolute Gasteiger partial charge is 0.497 e. The Morgan fingerprint density at radius 1 is 1.06 bits per heavy atom. The van der Waals surface area contributed by atoms with E-state index in [1.807, 2.05) is 48.5 Å². The molecular weight excluding hydrogens is 415 g/mol. The van der Waals surface area contributed by atoms with Crippen LogP contribution < -0.4 is 15.5 Å². The first-order valence-corrected chi connectivity index (χ1v) is 11.2. The lowest BCUT2D eigenvalue weighted by atomic mass is 9.77. The van der Waals surface area contributed by atoms with Crippen molar-refractivity contribution in [3.8, 4) is 5.75 Å². The van der Waals surface area contributed by atoms with Gasteiger partial charge in [0.15, 0.2) is 11.6 Å². The quantitative estimate of drug-likeness (QED) is 0.591. The summed E-state index contributed by atoms with van der Waals surface area (Å²) in [5.41, 5.74) is -2.34. The Bertz CT molecular complexity index is 847. The maximum Gasteiger partial charge on any atom is 0.497 e. The zero-order valence-electron chi connectivity index (χ0n) is 21.2. The second-order valence-corrected chi connectivity index (χ2v) is 11.5. The number of amides is 1. The Morgan fingerprint density at radius 2 is 1.59 bits per heavy atom. The molecule has 0 radical (unpaired) electrons. The Hall–Kier alpha value is -1.67. The number of hydrogen-bond donors (Lipinski definition) is 1. The average Bonchev–Trinajstić information content (AvgIpc) is 2.80. The van der Waals surface area contributed by atoms with Crippen molar-refractivity contribution in [2.24, 2.45) is 5.41 Å². The molecule has 0 atom stereocenters. The van der Waals surface area contributed by atoms with Crippen molar-refractivity contribution in [2.75, 3.05) is 6.61 Å². The maximum absolute atomic E-state index is 15.2. The van der Waals surface area contributed by atoms with Gasteiger partial charge in [0.05, 0.1) is 23.4 Å². The normalized spacial score (nSPS) is 18.1. The van der Waals surface area contributed by atoms with E-state index in [4.69, 9.17) is 14.0 Å². The molecule has 1 aromatic rings. The highest BCUT2D eigenvalue weighted by atomic mass is 19.2. The van der Waals surface area contributed by atoms with Crippen LogP contribution in [0.15, 0.2) is 6.07 Å². The lowest BCUT2D eigenvalue weighted by Crippen LogP contribution is -2.46. The minimum atomic E-state index is -1.22. The average molecular weight is 453 g/mol. The molecule has 0 spiro atoms. The molecule has 1 aromatic carbocycles. The molecule has 1 aliphatic heterocycles. The van der Waals surface area contributed by atoms with Crippen LogP contribution in [0.1, 0.15) is 92.4 Å². The van der Waals surface area contributed by atoms with E-state index < -0.39 is 47.2 Å². The van der Waals surface area contributed by atoms with E-state index in [9.17, 15) is 4.79 Å². The first kappa shape index (κ1) is 26.6. The molecule has 0 aliphatic carbocycles. The molecule has 8 heteroatoms. The fourth-order valence-electron chi connectivity index (χ4n) is 4.03. The predicted molar refractivity (Wildman–Crippen MR) is 123 cm³/mol. The highest BCUT2D eigenvalue weighted by molar-refractivity contribution is 6.62. The molecule has 0 saturated carbocycles. The number of rotatable bonds is 7. The molecule has 0 aromatic heterocycles. The number of nitrogens with one attached hydrogen (secondary N) is 1. The van der Waals surface area contributed by atoms with Crippen molar-refractivity contribution < 1.29 is 27.6 Å². The van der Waals surface area contributed by atoms with Gasteiger partial charge in [0.2, 0.25) is 5.82 Å². The van der Waals surface area contributed by atoms with Gasteiger partial charge >= 0.3 is 7.12 Å². The fourth-order valence-corrected chi connectivity index (χ4v) is 4.03. The van der Waals surface area contributed by atoms with Gasteiger partial charge in [-0.05, 0) is 65.9 Å². The monoisotopic (exact) mass is 453 g/mol. The second-order valence-electron chi connectivity index (χ2n) is 11.5. The number of hydrogen-bond acceptors (Lipinski definition) is 4. The van der Waals surface area contributed by atoms with E-state index in [1.165, 1.54) is 6.07 Å². The van der Waals surface area contributed by atoms with Crippen LogP contribution in [0.3, 0.4) is 0 Å². The third-order valence-electron chi connectivity index (χ3n) is 5.82. The molecule has 2 rings (SSSR count). The number of carbonyl (C=O) groups excluding carboxylic acids is 1. The van der Waals surface area contributed by atoms with Gasteiger partial charge in [-0.1, -0.05) is 27.7 Å². The highest BCUT2D eigenvalue weighted by Gasteiger charge is 2.53. The first-order chi connectivity index (χ1) is 14.4. The van der Waals surface area contributed by atoms with Crippen molar-refractivity contribution in [1.29, 1.82) is 0 Å². The topological polar surface area (TPSA) is 56.8 Å². The lowest BCUT2D eigenvalue weighted by molar-refractivity contribution is 0.00578. The summed E-state index contributed by atoms with van der Waals surface area (Å²) in [4.78, 5) is 13.3. The van der Waals surface area contributed by atoms with Crippen LogP contribution in [0.2, 0.25) is 0 Å². The summed E-state index contributed by atoms with van der Waals surface area (Å²) < 4.78 is 47.6. The molecule has 5 nitrogen and oxygen atoms in total. The predicted octanol–water partition coefficient (Wildman–Crippen LogP) is 5.00. The smallest absolute Gasteiger partial charge is 0.490 e. The molecule has 0 bridgehead atoms. The molecule has 1 saturated heterocycles. The Kier molecular flexibility index (Phi) is 7.43. The summed E-state index contributed by atoms with van der Waals surface area (Å²) in [6.45, 7) is 19.3. The van der Waals surface area contributed by atoms with Gasteiger partial charge in [-0.2, -0.15) is 4.39 Å². The van der Waals surface area contributed by atoms with E-state index in [0.29, 0.717) is 12.8 Å². The molecule has 180 valence electrons. The van der Waals surface area contributed by atoms with Crippen molar-refractivity contribution in [3.05, 3.63) is 23.3 Å². The minimum Gasteiger partial charge on any atom is -0.490 e. The van der Waals surface area contributed by atoms with Crippen molar-refractivity contribution in [2.45, 2.75) is 98.8 Å². The van der Waals surface area contributed by atoms with Crippen LogP contribution in [0.4, 0.5) is 8.78 Å². The van der Waals surface area contributed by atoms with Gasteiger partial charge < -0.3 is 19.4 Å². The number of carbonyl (C=O) groups is 1. The molecule has 1 amide bonds. The molecule has 1 heterocycles. The summed E-state index contributed by atoms with van der Waals surface area (Å²) in [5, 5.41) is 2.95. The molecule has 32 heavy (non-hydrogen) atoms. The summed E-state index contributed by atoms with van der Waals surface area (Å²) in [7, 11) is -1.15. The van der Waals surface area contributed by atoms with E-state index in [0.717, 1.165) is 0 Å². The van der Waals surface area contributed by atoms with Gasteiger partial charge in [-0.15, -0.1) is 0 Å². The molecular formula is C24H38BF2NO4. The van der Waals surface area contributed by atoms with Crippen molar-refractivity contribution in [1.82, 2.24) is 5.32 Å². The summed E-state index contributed by atoms with van der Waals surface area (Å²) in [5.74, 6) is -3.29. The first-order valence-electron chi connectivity index (χ1n) is 11.2. The molecule has 0 unspecified atom stereocenters. The SMILES string of the molecule is CCCOc1c(C(=O)NC(C)(C)CC(C)(C)C)cc(B2OC(C)(C)C(C)(C)O2)c(F)c1F.